The van der Waals surface area contributed by atoms with Gasteiger partial charge in [0.2, 0.25) is 0 Å². The number of hydrogen-bond acceptors (Lipinski definition) is 4. The molecule has 9 aliphatic carbocycles. The van der Waals surface area contributed by atoms with E-state index in [-0.39, 0.29) is 0 Å². The fraction of sp³-hybridized carbons (Fsp3) is 1.00. The van der Waals surface area contributed by atoms with Crippen LogP contribution < -0.4 is 0 Å². The van der Waals surface area contributed by atoms with E-state index in [1.807, 2.05) is 0 Å². The summed E-state index contributed by atoms with van der Waals surface area (Å²) in [6, 6.07) is 2.40. The molecule has 2 nitrogen and oxygen atoms in total. The highest BCUT2D eigenvalue weighted by Gasteiger charge is 2.62. The Morgan fingerprint density at radius 3 is 1.81 bits per heavy atom. The van der Waals surface area contributed by atoms with Gasteiger partial charge in [-0.05, 0) is 174 Å². The number of ether oxygens (including phenoxy) is 1. The maximum atomic E-state index is 7.88. The van der Waals surface area contributed by atoms with Gasteiger partial charge >= 0.3 is 0 Å². The van der Waals surface area contributed by atoms with E-state index in [0.29, 0.717) is 12.2 Å². The summed E-state index contributed by atoms with van der Waals surface area (Å²) in [7, 11) is 0. The summed E-state index contributed by atoms with van der Waals surface area (Å²) >= 11 is 5.08. The molecule has 0 spiro atoms. The van der Waals surface area contributed by atoms with Crippen LogP contribution in [0.25, 0.3) is 0 Å². The van der Waals surface area contributed by atoms with Crippen LogP contribution in [0.5, 0.6) is 0 Å². The molecular weight excluding hydrogens is 695 g/mol. The minimum absolute atomic E-state index is 0.552. The van der Waals surface area contributed by atoms with Crippen molar-refractivity contribution in [3.8, 4) is 0 Å². The van der Waals surface area contributed by atoms with Crippen LogP contribution >= 0.6 is 23.5 Å². The monoisotopic (exact) mass is 774 g/mol. The van der Waals surface area contributed by atoms with Gasteiger partial charge in [-0.3, -0.25) is 4.90 Å². The van der Waals surface area contributed by atoms with Crippen LogP contribution in [0, 0.1) is 71.0 Å². The maximum Gasteiger partial charge on any atom is 0.0766 e. The molecule has 3 saturated heterocycles. The second-order valence-corrected chi connectivity index (χ2v) is 25.7. The molecule has 0 amide bonds. The fourth-order valence-electron chi connectivity index (χ4n) is 18.7. The third kappa shape index (κ3) is 6.26. The van der Waals surface area contributed by atoms with Crippen LogP contribution in [0.4, 0.5) is 0 Å². The van der Waals surface area contributed by atoms with E-state index in [2.05, 4.69) is 28.4 Å². The van der Waals surface area contributed by atoms with Crippen molar-refractivity contribution in [1.82, 2.24) is 4.90 Å². The molecule has 12 aliphatic rings. The van der Waals surface area contributed by atoms with Crippen LogP contribution in [0.3, 0.4) is 0 Å². The molecule has 19 unspecified atom stereocenters. The van der Waals surface area contributed by atoms with Gasteiger partial charge in [-0.25, -0.2) is 0 Å². The largest absolute Gasteiger partial charge is 0.372 e. The number of hydrogen-bond donors (Lipinski definition) is 0. The summed E-state index contributed by atoms with van der Waals surface area (Å²) in [4.78, 5) is 3.45. The summed E-state index contributed by atoms with van der Waals surface area (Å²) in [6.45, 7) is 0. The first-order chi connectivity index (χ1) is 26.7. The minimum atomic E-state index is 0.552. The second-order valence-electron chi connectivity index (χ2n) is 22.8. The van der Waals surface area contributed by atoms with Gasteiger partial charge in [0.15, 0.2) is 0 Å². The smallest absolute Gasteiger partial charge is 0.0766 e. The molecule has 54 heavy (non-hydrogen) atoms. The van der Waals surface area contributed by atoms with Gasteiger partial charge in [-0.15, -0.1) is 0 Å². The van der Waals surface area contributed by atoms with Gasteiger partial charge in [0.1, 0.15) is 0 Å². The van der Waals surface area contributed by atoms with Crippen molar-refractivity contribution in [2.75, 3.05) is 0 Å². The van der Waals surface area contributed by atoms with Crippen LogP contribution in [0.15, 0.2) is 0 Å². The Hall–Kier alpha value is 0.620. The molecule has 12 rings (SSSR count). The van der Waals surface area contributed by atoms with Gasteiger partial charge in [0.05, 0.1) is 12.2 Å². The summed E-state index contributed by atoms with van der Waals surface area (Å²) < 4.78 is 7.88. The van der Waals surface area contributed by atoms with Crippen LogP contribution in [0.2, 0.25) is 0 Å². The average Bonchev–Trinajstić information content (AvgIpc) is 3.92. The van der Waals surface area contributed by atoms with E-state index < -0.39 is 0 Å². The zero-order valence-corrected chi connectivity index (χ0v) is 35.9. The lowest BCUT2D eigenvalue weighted by Gasteiger charge is -2.54. The molecule has 19 atom stereocenters. The van der Waals surface area contributed by atoms with Crippen molar-refractivity contribution >= 4 is 23.5 Å². The first-order valence-corrected chi connectivity index (χ1v) is 27.4. The normalized spacial score (nSPS) is 56.7. The third-order valence-electron chi connectivity index (χ3n) is 20.9. The van der Waals surface area contributed by atoms with Crippen LogP contribution in [-0.2, 0) is 4.74 Å². The maximum absolute atomic E-state index is 7.88. The predicted octanol–water partition coefficient (Wildman–Crippen LogP) is 13.0. The van der Waals surface area contributed by atoms with Gasteiger partial charge in [-0.1, -0.05) is 77.0 Å². The first-order valence-electron chi connectivity index (χ1n) is 25.5. The molecule has 3 aliphatic heterocycles. The Balaban J connectivity index is 0.823. The van der Waals surface area contributed by atoms with Gasteiger partial charge < -0.3 is 4.74 Å². The zero-order chi connectivity index (χ0) is 35.3. The van der Waals surface area contributed by atoms with Gasteiger partial charge in [0, 0.05) is 45.0 Å². The van der Waals surface area contributed by atoms with Crippen molar-refractivity contribution in [1.29, 1.82) is 0 Å². The molecular formula is C50H79NOS2. The molecule has 12 fully saturated rings. The van der Waals surface area contributed by atoms with E-state index in [9.17, 15) is 0 Å². The van der Waals surface area contributed by atoms with Crippen molar-refractivity contribution in [2.24, 2.45) is 71.0 Å². The van der Waals surface area contributed by atoms with Crippen molar-refractivity contribution in [2.45, 2.75) is 238 Å². The van der Waals surface area contributed by atoms with E-state index in [4.69, 9.17) is 4.74 Å². The molecule has 0 radical (unpaired) electrons. The Morgan fingerprint density at radius 1 is 0.352 bits per heavy atom. The first kappa shape index (κ1) is 36.5. The Bertz CT molecular complexity index is 1320. The number of fused-ring (bicyclic) bond motifs is 12. The minimum Gasteiger partial charge on any atom is -0.372 e. The molecule has 4 heteroatoms. The number of thioether (sulfide) groups is 2. The summed E-state index contributed by atoms with van der Waals surface area (Å²) in [5.41, 5.74) is 0. The second kappa shape index (κ2) is 15.3. The molecule has 0 aromatic heterocycles. The molecule has 0 aromatic carbocycles. The highest BCUT2D eigenvalue weighted by Crippen LogP contribution is 2.63. The topological polar surface area (TPSA) is 12.5 Å². The van der Waals surface area contributed by atoms with Crippen molar-refractivity contribution < 1.29 is 4.74 Å². The predicted molar refractivity (Wildman–Crippen MR) is 228 cm³/mol. The molecule has 0 aromatic rings. The van der Waals surface area contributed by atoms with Crippen LogP contribution in [0.1, 0.15) is 186 Å². The summed E-state index contributed by atoms with van der Waals surface area (Å²) in [6.07, 6.45) is 45.8. The van der Waals surface area contributed by atoms with Crippen molar-refractivity contribution in [3.05, 3.63) is 0 Å². The lowest BCUT2D eigenvalue weighted by molar-refractivity contribution is -0.0987. The Kier molecular flexibility index (Phi) is 10.3. The Morgan fingerprint density at radius 2 is 0.963 bits per heavy atom. The van der Waals surface area contributed by atoms with Crippen molar-refractivity contribution in [3.63, 3.8) is 0 Å². The van der Waals surface area contributed by atoms with Crippen LogP contribution in [-0.4, -0.2) is 56.2 Å². The highest BCUT2D eigenvalue weighted by molar-refractivity contribution is 8.01. The quantitative estimate of drug-likeness (QED) is 0.282. The lowest BCUT2D eigenvalue weighted by Crippen LogP contribution is -2.61. The fourth-order valence-corrected chi connectivity index (χ4v) is 23.0. The standard InChI is InChI=1S/C50H79NOS2/c1-2-10-32-27-35(20-19-30(32)9-1)31-21-23-36(24-22-31)51(43-17-8-15-39-41-28-33-11-3-4-12-34(33)29-46(41)54-50(39)43)42-16-7-14-37-38-25-26-45-47(49(38)52-48(37)42)40-13-5-6-18-44(40)53-45/h30-50H,1-29H2. The number of nitrogens with zero attached hydrogens (tertiary/aromatic N) is 1. The van der Waals surface area contributed by atoms with E-state index in [0.717, 1.165) is 110 Å². The van der Waals surface area contributed by atoms with Gasteiger partial charge in [0.25, 0.3) is 0 Å². The summed E-state index contributed by atoms with van der Waals surface area (Å²) in [5.74, 6) is 12.2. The molecule has 302 valence electrons. The SMILES string of the molecule is C1CCC2CC(C3CCC(N(C4CCCC5C6CCC7SC8CCCCC8C7C6OC54)C4CCCC5C6CC7CCCCC7CC6SC54)CC3)CCC2C1. The molecule has 0 bridgehead atoms. The zero-order valence-electron chi connectivity index (χ0n) is 34.3. The van der Waals surface area contributed by atoms with E-state index in [1.54, 1.807) is 77.0 Å². The van der Waals surface area contributed by atoms with E-state index >= 15 is 0 Å². The highest BCUT2D eigenvalue weighted by atomic mass is 32.2. The molecule has 0 N–H and O–H groups in total. The third-order valence-corrected chi connectivity index (χ3v) is 24.6. The molecule has 3 heterocycles. The summed E-state index contributed by atoms with van der Waals surface area (Å²) in [5, 5.41) is 3.82. The molecule has 9 saturated carbocycles. The lowest BCUT2D eigenvalue weighted by atomic mass is 9.62. The average molecular weight is 774 g/mol. The van der Waals surface area contributed by atoms with Gasteiger partial charge in [-0.2, -0.15) is 23.5 Å². The van der Waals surface area contributed by atoms with E-state index in [1.165, 1.54) is 109 Å². The Labute approximate surface area is 340 Å². The number of rotatable bonds is 4.